The minimum absolute atomic E-state index is 0.264. The molecule has 1 saturated heterocycles. The van der Waals surface area contributed by atoms with Gasteiger partial charge in [-0.05, 0) is 26.0 Å². The molecule has 1 N–H and O–H groups in total. The van der Waals surface area contributed by atoms with Gasteiger partial charge in [-0.3, -0.25) is 0 Å². The van der Waals surface area contributed by atoms with Gasteiger partial charge in [0.05, 0.1) is 5.56 Å². The molecule has 0 bridgehead atoms. The number of carbonyl (C=O) groups is 1. The standard InChI is InChI=1S/C16H18F3N5O2/c1-10-14(11(2)26-22-10)21-15(25)24-7-5-23(6-8-24)13-4-3-12(9-20-13)16(17,18)19/h3-4,9H,5-8H2,1-2H3,(H,21,25). The largest absolute Gasteiger partial charge is 0.417 e. The van der Waals surface area contributed by atoms with Crippen LogP contribution in [0.4, 0.5) is 29.5 Å². The number of urea groups is 1. The van der Waals surface area contributed by atoms with Crippen LogP contribution in [0.3, 0.4) is 0 Å². The maximum absolute atomic E-state index is 12.6. The highest BCUT2D eigenvalue weighted by Gasteiger charge is 2.31. The molecule has 3 rings (SSSR count). The van der Waals surface area contributed by atoms with E-state index in [2.05, 4.69) is 15.5 Å². The third-order valence-corrected chi connectivity index (χ3v) is 4.23. The number of aromatic nitrogens is 2. The summed E-state index contributed by atoms with van der Waals surface area (Å²) in [7, 11) is 0. The van der Waals surface area contributed by atoms with Crippen LogP contribution in [-0.2, 0) is 6.18 Å². The molecular formula is C16H18F3N5O2. The summed E-state index contributed by atoms with van der Waals surface area (Å²) in [5, 5.41) is 6.56. The smallest absolute Gasteiger partial charge is 0.359 e. The molecular weight excluding hydrogens is 351 g/mol. The summed E-state index contributed by atoms with van der Waals surface area (Å²) >= 11 is 0. The van der Waals surface area contributed by atoms with E-state index in [1.807, 2.05) is 4.90 Å². The Kier molecular flexibility index (Phi) is 4.75. The van der Waals surface area contributed by atoms with Gasteiger partial charge in [0, 0.05) is 32.4 Å². The molecule has 3 heterocycles. The number of nitrogens with zero attached hydrogens (tertiary/aromatic N) is 4. The summed E-state index contributed by atoms with van der Waals surface area (Å²) in [4.78, 5) is 19.7. The Hall–Kier alpha value is -2.78. The highest BCUT2D eigenvalue weighted by molar-refractivity contribution is 5.90. The van der Waals surface area contributed by atoms with Crippen LogP contribution in [0.15, 0.2) is 22.9 Å². The van der Waals surface area contributed by atoms with Crippen LogP contribution in [-0.4, -0.2) is 47.3 Å². The van der Waals surface area contributed by atoms with Crippen molar-refractivity contribution in [2.75, 3.05) is 36.4 Å². The summed E-state index contributed by atoms with van der Waals surface area (Å²) in [5.74, 6) is 0.993. The lowest BCUT2D eigenvalue weighted by molar-refractivity contribution is -0.137. The van der Waals surface area contributed by atoms with Crippen molar-refractivity contribution in [1.29, 1.82) is 0 Å². The van der Waals surface area contributed by atoms with Crippen molar-refractivity contribution in [3.8, 4) is 0 Å². The topological polar surface area (TPSA) is 74.5 Å². The Labute approximate surface area is 147 Å². The van der Waals surface area contributed by atoms with Crippen molar-refractivity contribution in [3.63, 3.8) is 0 Å². The van der Waals surface area contributed by atoms with Gasteiger partial charge in [-0.1, -0.05) is 5.16 Å². The molecule has 140 valence electrons. The zero-order valence-electron chi connectivity index (χ0n) is 14.3. The van der Waals surface area contributed by atoms with Crippen LogP contribution < -0.4 is 10.2 Å². The molecule has 0 atom stereocenters. The Balaban J connectivity index is 1.58. The monoisotopic (exact) mass is 369 g/mol. The first kappa shape index (κ1) is 18.0. The number of amides is 2. The van der Waals surface area contributed by atoms with E-state index in [1.54, 1.807) is 18.7 Å². The van der Waals surface area contributed by atoms with Crippen LogP contribution >= 0.6 is 0 Å². The number of aryl methyl sites for hydroxylation is 2. The van der Waals surface area contributed by atoms with Gasteiger partial charge in [0.2, 0.25) is 0 Å². The van der Waals surface area contributed by atoms with E-state index >= 15 is 0 Å². The molecule has 1 fully saturated rings. The van der Waals surface area contributed by atoms with E-state index in [-0.39, 0.29) is 6.03 Å². The molecule has 0 aromatic carbocycles. The highest BCUT2D eigenvalue weighted by atomic mass is 19.4. The van der Waals surface area contributed by atoms with Crippen molar-refractivity contribution in [3.05, 3.63) is 35.3 Å². The fraction of sp³-hybridized carbons (Fsp3) is 0.438. The van der Waals surface area contributed by atoms with E-state index in [0.717, 1.165) is 12.3 Å². The first-order valence-corrected chi connectivity index (χ1v) is 8.02. The van der Waals surface area contributed by atoms with E-state index < -0.39 is 11.7 Å². The molecule has 2 aromatic rings. The molecule has 2 aromatic heterocycles. The van der Waals surface area contributed by atoms with Gasteiger partial charge in [-0.25, -0.2) is 9.78 Å². The molecule has 10 heteroatoms. The van der Waals surface area contributed by atoms with Crippen molar-refractivity contribution < 1.29 is 22.5 Å². The molecule has 0 spiro atoms. The number of rotatable bonds is 2. The predicted octanol–water partition coefficient (Wildman–Crippen LogP) is 3.06. The van der Waals surface area contributed by atoms with Gasteiger partial charge < -0.3 is 19.6 Å². The van der Waals surface area contributed by atoms with E-state index in [9.17, 15) is 18.0 Å². The van der Waals surface area contributed by atoms with Crippen molar-refractivity contribution in [2.24, 2.45) is 0 Å². The van der Waals surface area contributed by atoms with Crippen molar-refractivity contribution >= 4 is 17.5 Å². The third kappa shape index (κ3) is 3.73. The number of hydrogen-bond acceptors (Lipinski definition) is 5. The van der Waals surface area contributed by atoms with Gasteiger partial charge in [0.15, 0.2) is 5.76 Å². The molecule has 0 radical (unpaired) electrons. The number of anilines is 2. The highest BCUT2D eigenvalue weighted by Crippen LogP contribution is 2.29. The average molecular weight is 369 g/mol. The Morgan fingerprint density at radius 3 is 2.38 bits per heavy atom. The van der Waals surface area contributed by atoms with Crippen LogP contribution in [0.5, 0.6) is 0 Å². The van der Waals surface area contributed by atoms with Gasteiger partial charge in [0.25, 0.3) is 0 Å². The molecule has 0 unspecified atom stereocenters. The number of alkyl halides is 3. The predicted molar refractivity (Wildman–Crippen MR) is 88.0 cm³/mol. The molecule has 0 aliphatic carbocycles. The Morgan fingerprint density at radius 1 is 1.19 bits per heavy atom. The molecule has 1 aliphatic heterocycles. The van der Waals surface area contributed by atoms with Crippen LogP contribution in [0.1, 0.15) is 17.0 Å². The number of hydrogen-bond donors (Lipinski definition) is 1. The summed E-state index contributed by atoms with van der Waals surface area (Å²) in [5.41, 5.74) is 0.379. The summed E-state index contributed by atoms with van der Waals surface area (Å²) in [6.45, 7) is 5.26. The number of carbonyl (C=O) groups excluding carboxylic acids is 1. The Bertz CT molecular complexity index is 761. The fourth-order valence-electron chi connectivity index (χ4n) is 2.73. The lowest BCUT2D eigenvalue weighted by Crippen LogP contribution is -2.50. The second-order valence-electron chi connectivity index (χ2n) is 6.01. The number of piperazine rings is 1. The first-order chi connectivity index (χ1) is 12.3. The van der Waals surface area contributed by atoms with E-state index in [0.29, 0.717) is 49.1 Å². The van der Waals surface area contributed by atoms with Gasteiger partial charge in [0.1, 0.15) is 17.2 Å². The average Bonchev–Trinajstić information content (AvgIpc) is 2.93. The fourth-order valence-corrected chi connectivity index (χ4v) is 2.73. The van der Waals surface area contributed by atoms with Crippen LogP contribution in [0.2, 0.25) is 0 Å². The van der Waals surface area contributed by atoms with Gasteiger partial charge in [-0.15, -0.1) is 0 Å². The zero-order chi connectivity index (χ0) is 18.9. The molecule has 1 aliphatic rings. The summed E-state index contributed by atoms with van der Waals surface area (Å²) in [6, 6.07) is 2.10. The van der Waals surface area contributed by atoms with Crippen LogP contribution in [0, 0.1) is 13.8 Å². The number of pyridine rings is 1. The summed E-state index contributed by atoms with van der Waals surface area (Å²) in [6.07, 6.45) is -3.58. The molecule has 7 nitrogen and oxygen atoms in total. The second kappa shape index (κ2) is 6.85. The maximum Gasteiger partial charge on any atom is 0.417 e. The SMILES string of the molecule is Cc1noc(C)c1NC(=O)N1CCN(c2ccc(C(F)(F)F)cn2)CC1. The van der Waals surface area contributed by atoms with Gasteiger partial charge >= 0.3 is 12.2 Å². The maximum atomic E-state index is 12.6. The van der Waals surface area contributed by atoms with Crippen molar-refractivity contribution in [2.45, 2.75) is 20.0 Å². The third-order valence-electron chi connectivity index (χ3n) is 4.23. The number of nitrogens with one attached hydrogen (secondary N) is 1. The summed E-state index contributed by atoms with van der Waals surface area (Å²) < 4.78 is 42.8. The zero-order valence-corrected chi connectivity index (χ0v) is 14.3. The quantitative estimate of drug-likeness (QED) is 0.881. The van der Waals surface area contributed by atoms with Crippen molar-refractivity contribution in [1.82, 2.24) is 15.0 Å². The first-order valence-electron chi connectivity index (χ1n) is 8.02. The van der Waals surface area contributed by atoms with Crippen LogP contribution in [0.25, 0.3) is 0 Å². The molecule has 2 amide bonds. The van der Waals surface area contributed by atoms with E-state index in [4.69, 9.17) is 4.52 Å². The lowest BCUT2D eigenvalue weighted by Gasteiger charge is -2.35. The molecule has 26 heavy (non-hydrogen) atoms. The minimum Gasteiger partial charge on any atom is -0.359 e. The number of halogens is 3. The normalized spacial score (nSPS) is 15.3. The minimum atomic E-state index is -4.40. The molecule has 0 saturated carbocycles. The van der Waals surface area contributed by atoms with E-state index in [1.165, 1.54) is 6.07 Å². The Morgan fingerprint density at radius 2 is 1.88 bits per heavy atom. The lowest BCUT2D eigenvalue weighted by atomic mass is 10.2. The van der Waals surface area contributed by atoms with Gasteiger partial charge in [-0.2, -0.15) is 13.2 Å². The second-order valence-corrected chi connectivity index (χ2v) is 6.01.